The molecule has 3 rings (SSSR count). The van der Waals surface area contributed by atoms with Gasteiger partial charge < -0.3 is 14.6 Å². The van der Waals surface area contributed by atoms with Gasteiger partial charge in [-0.2, -0.15) is 0 Å². The van der Waals surface area contributed by atoms with E-state index >= 15 is 0 Å². The predicted octanol–water partition coefficient (Wildman–Crippen LogP) is 2.41. The van der Waals surface area contributed by atoms with Crippen molar-refractivity contribution in [2.24, 2.45) is 0 Å². The molecule has 1 aromatic heterocycles. The number of hydrogen-bond donors (Lipinski definition) is 1. The summed E-state index contributed by atoms with van der Waals surface area (Å²) in [6, 6.07) is 15.2. The average Bonchev–Trinajstić information content (AvgIpc) is 2.93. The number of methoxy groups -OCH3 is 1. The van der Waals surface area contributed by atoms with E-state index in [0.717, 1.165) is 22.3 Å². The van der Waals surface area contributed by atoms with Crippen molar-refractivity contribution in [2.45, 2.75) is 32.7 Å². The van der Waals surface area contributed by atoms with Crippen molar-refractivity contribution >= 4 is 11.0 Å². The Hall–Kier alpha value is -2.57. The second-order valence-corrected chi connectivity index (χ2v) is 6.11. The molecule has 138 valence electrons. The van der Waals surface area contributed by atoms with Crippen LogP contribution in [0.5, 0.6) is 5.75 Å². The lowest BCUT2D eigenvalue weighted by Crippen LogP contribution is -2.30. The maximum absolute atomic E-state index is 12.6. The average molecular weight is 356 g/mol. The van der Waals surface area contributed by atoms with Crippen molar-refractivity contribution < 1.29 is 14.6 Å². The topological polar surface area (TPSA) is 65.6 Å². The van der Waals surface area contributed by atoms with Crippen molar-refractivity contribution in [1.29, 1.82) is 0 Å². The van der Waals surface area contributed by atoms with Crippen molar-refractivity contribution in [3.63, 3.8) is 0 Å². The molecule has 0 saturated heterocycles. The fraction of sp³-hybridized carbons (Fsp3) is 0.350. The zero-order valence-corrected chi connectivity index (χ0v) is 15.1. The summed E-state index contributed by atoms with van der Waals surface area (Å²) in [6.45, 7) is 3.19. The number of rotatable bonds is 8. The minimum atomic E-state index is -0.779. The van der Waals surface area contributed by atoms with Gasteiger partial charge in [-0.15, -0.1) is 0 Å². The Labute approximate surface area is 152 Å². The van der Waals surface area contributed by atoms with Crippen molar-refractivity contribution in [1.82, 2.24) is 9.13 Å². The summed E-state index contributed by atoms with van der Waals surface area (Å²) in [7, 11) is 1.61. The van der Waals surface area contributed by atoms with Crippen LogP contribution in [0.25, 0.3) is 11.0 Å². The summed E-state index contributed by atoms with van der Waals surface area (Å²) in [5.41, 5.74) is 2.50. The van der Waals surface area contributed by atoms with Gasteiger partial charge in [0.05, 0.1) is 44.0 Å². The van der Waals surface area contributed by atoms with Gasteiger partial charge in [-0.05, 0) is 25.1 Å². The highest BCUT2D eigenvalue weighted by molar-refractivity contribution is 5.75. The van der Waals surface area contributed by atoms with Crippen LogP contribution in [0.1, 0.15) is 12.5 Å². The Bertz CT molecular complexity index is 929. The molecule has 0 amide bonds. The van der Waals surface area contributed by atoms with Gasteiger partial charge in [0.1, 0.15) is 5.75 Å². The minimum Gasteiger partial charge on any atom is -0.496 e. The Morgan fingerprint density at radius 1 is 1.04 bits per heavy atom. The molecule has 0 aliphatic rings. The smallest absolute Gasteiger partial charge is 0.329 e. The van der Waals surface area contributed by atoms with E-state index in [2.05, 4.69) is 0 Å². The summed E-state index contributed by atoms with van der Waals surface area (Å²) in [5.74, 6) is 0.754. The fourth-order valence-electron chi connectivity index (χ4n) is 3.15. The van der Waals surface area contributed by atoms with Crippen LogP contribution in [-0.2, 0) is 24.4 Å². The number of nitrogens with zero attached hydrogens (tertiary/aromatic N) is 2. The van der Waals surface area contributed by atoms with Crippen LogP contribution in [-0.4, -0.2) is 34.1 Å². The Morgan fingerprint density at radius 3 is 2.38 bits per heavy atom. The molecule has 3 aromatic rings. The Morgan fingerprint density at radius 2 is 1.69 bits per heavy atom. The number of para-hydroxylation sites is 3. The lowest BCUT2D eigenvalue weighted by atomic mass is 10.2. The first-order valence-electron chi connectivity index (χ1n) is 8.71. The SMILES string of the molecule is CCn1c(=O)n(C[C@@H](O)COCc2ccccc2OC)c2ccccc21. The van der Waals surface area contributed by atoms with Crippen LogP contribution >= 0.6 is 0 Å². The zero-order chi connectivity index (χ0) is 18.5. The molecule has 26 heavy (non-hydrogen) atoms. The summed E-state index contributed by atoms with van der Waals surface area (Å²) < 4.78 is 14.2. The van der Waals surface area contributed by atoms with E-state index in [1.54, 1.807) is 16.2 Å². The number of aryl methyl sites for hydroxylation is 1. The molecule has 1 N–H and O–H groups in total. The molecule has 0 radical (unpaired) electrons. The number of ether oxygens (including phenoxy) is 2. The largest absolute Gasteiger partial charge is 0.496 e. The molecular weight excluding hydrogens is 332 g/mol. The van der Waals surface area contributed by atoms with Gasteiger partial charge in [0.25, 0.3) is 0 Å². The summed E-state index contributed by atoms with van der Waals surface area (Å²) >= 11 is 0. The zero-order valence-electron chi connectivity index (χ0n) is 15.1. The second kappa shape index (κ2) is 8.21. The molecule has 0 saturated carbocycles. The molecule has 0 fully saturated rings. The van der Waals surface area contributed by atoms with Crippen LogP contribution in [0, 0.1) is 0 Å². The first-order chi connectivity index (χ1) is 12.7. The number of aromatic nitrogens is 2. The van der Waals surface area contributed by atoms with Crippen molar-refractivity contribution in [3.8, 4) is 5.75 Å². The van der Waals surface area contributed by atoms with Crippen LogP contribution in [0.4, 0.5) is 0 Å². The first-order valence-corrected chi connectivity index (χ1v) is 8.71. The maximum atomic E-state index is 12.6. The molecule has 6 nitrogen and oxygen atoms in total. The highest BCUT2D eigenvalue weighted by atomic mass is 16.5. The molecule has 0 spiro atoms. The molecule has 0 unspecified atom stereocenters. The third-order valence-electron chi connectivity index (χ3n) is 4.40. The minimum absolute atomic E-state index is 0.113. The highest BCUT2D eigenvalue weighted by Crippen LogP contribution is 2.18. The number of aliphatic hydroxyl groups excluding tert-OH is 1. The lowest BCUT2D eigenvalue weighted by Gasteiger charge is -2.13. The number of imidazole rings is 1. The fourth-order valence-corrected chi connectivity index (χ4v) is 3.15. The standard InChI is InChI=1S/C20H24N2O4/c1-3-21-17-9-5-6-10-18(17)22(20(21)24)12-16(23)14-26-13-15-8-4-7-11-19(15)25-2/h4-11,16,23H,3,12-14H2,1-2H3/t16-/m1/s1. The monoisotopic (exact) mass is 356 g/mol. The maximum Gasteiger partial charge on any atom is 0.329 e. The van der Waals surface area contributed by atoms with Gasteiger partial charge in [0.15, 0.2) is 0 Å². The van der Waals surface area contributed by atoms with E-state index in [1.165, 1.54) is 0 Å². The quantitative estimate of drug-likeness (QED) is 0.673. The van der Waals surface area contributed by atoms with Gasteiger partial charge in [-0.25, -0.2) is 4.79 Å². The van der Waals surface area contributed by atoms with Gasteiger partial charge >= 0.3 is 5.69 Å². The Balaban J connectivity index is 1.67. The van der Waals surface area contributed by atoms with Crippen LogP contribution in [0.2, 0.25) is 0 Å². The summed E-state index contributed by atoms with van der Waals surface area (Å²) in [4.78, 5) is 12.6. The van der Waals surface area contributed by atoms with Crippen molar-refractivity contribution in [2.75, 3.05) is 13.7 Å². The van der Waals surface area contributed by atoms with E-state index in [4.69, 9.17) is 9.47 Å². The molecule has 1 heterocycles. The third kappa shape index (κ3) is 3.66. The van der Waals surface area contributed by atoms with Crippen LogP contribution in [0.3, 0.4) is 0 Å². The van der Waals surface area contributed by atoms with Crippen LogP contribution < -0.4 is 10.4 Å². The number of fused-ring (bicyclic) bond motifs is 1. The van der Waals surface area contributed by atoms with Gasteiger partial charge in [0.2, 0.25) is 0 Å². The third-order valence-corrected chi connectivity index (χ3v) is 4.40. The van der Waals surface area contributed by atoms with Gasteiger partial charge in [-0.3, -0.25) is 9.13 Å². The summed E-state index contributed by atoms with van der Waals surface area (Å²) in [6.07, 6.45) is -0.779. The van der Waals surface area contributed by atoms with Gasteiger partial charge in [0, 0.05) is 12.1 Å². The molecule has 2 aromatic carbocycles. The molecule has 6 heteroatoms. The first kappa shape index (κ1) is 18.2. The van der Waals surface area contributed by atoms with Crippen molar-refractivity contribution in [3.05, 3.63) is 64.6 Å². The molecule has 0 aliphatic heterocycles. The van der Waals surface area contributed by atoms with E-state index < -0.39 is 6.10 Å². The normalized spacial score (nSPS) is 12.4. The van der Waals surface area contributed by atoms with Crippen LogP contribution in [0.15, 0.2) is 53.3 Å². The second-order valence-electron chi connectivity index (χ2n) is 6.11. The predicted molar refractivity (Wildman–Crippen MR) is 101 cm³/mol. The van der Waals surface area contributed by atoms with E-state index in [1.807, 2.05) is 55.5 Å². The number of aliphatic hydroxyl groups is 1. The molecule has 1 atom stereocenters. The number of hydrogen-bond acceptors (Lipinski definition) is 4. The number of benzene rings is 2. The molecule has 0 aliphatic carbocycles. The highest BCUT2D eigenvalue weighted by Gasteiger charge is 2.15. The lowest BCUT2D eigenvalue weighted by molar-refractivity contribution is 0.0198. The molecule has 0 bridgehead atoms. The van der Waals surface area contributed by atoms with E-state index in [9.17, 15) is 9.90 Å². The Kier molecular flexibility index (Phi) is 5.75. The van der Waals surface area contributed by atoms with E-state index in [-0.39, 0.29) is 18.8 Å². The van der Waals surface area contributed by atoms with Gasteiger partial charge in [-0.1, -0.05) is 30.3 Å². The van der Waals surface area contributed by atoms with E-state index in [0.29, 0.717) is 13.2 Å². The summed E-state index contributed by atoms with van der Waals surface area (Å²) in [5, 5.41) is 10.3. The molecular formula is C20H24N2O4.